The highest BCUT2D eigenvalue weighted by atomic mass is 16.1. The monoisotopic (exact) mass is 191 g/mol. The summed E-state index contributed by atoms with van der Waals surface area (Å²) in [5.74, 6) is 0.644. The molecule has 1 amide bonds. The number of fused-ring (bicyclic) bond motifs is 1. The molecule has 0 spiro atoms. The Morgan fingerprint density at radius 2 is 2.43 bits per heavy atom. The lowest BCUT2D eigenvalue weighted by atomic mass is 10.2. The highest BCUT2D eigenvalue weighted by Crippen LogP contribution is 2.27. The van der Waals surface area contributed by atoms with Crippen molar-refractivity contribution in [3.8, 4) is 0 Å². The molecule has 4 nitrogen and oxygen atoms in total. The molecule has 1 aromatic rings. The Labute approximate surface area is 82.6 Å². The van der Waals surface area contributed by atoms with E-state index < -0.39 is 0 Å². The minimum absolute atomic E-state index is 0.178. The van der Waals surface area contributed by atoms with Gasteiger partial charge in [0, 0.05) is 12.6 Å². The van der Waals surface area contributed by atoms with Gasteiger partial charge in [0.05, 0.1) is 5.69 Å². The highest BCUT2D eigenvalue weighted by molar-refractivity contribution is 5.98. The number of nitrogens with zero attached hydrogens (tertiary/aromatic N) is 2. The molecule has 4 heteroatoms. The summed E-state index contributed by atoms with van der Waals surface area (Å²) < 4.78 is 1.73. The lowest BCUT2D eigenvalue weighted by molar-refractivity contribution is -0.111. The molecule has 0 aromatic carbocycles. The Hall–Kier alpha value is -1.58. The van der Waals surface area contributed by atoms with E-state index in [1.54, 1.807) is 4.68 Å². The lowest BCUT2D eigenvalue weighted by Gasteiger charge is -2.04. The van der Waals surface area contributed by atoms with Crippen molar-refractivity contribution >= 4 is 11.7 Å². The molecule has 0 saturated heterocycles. The molecular weight excluding hydrogens is 178 g/mol. The van der Waals surface area contributed by atoms with Gasteiger partial charge in [0.2, 0.25) is 5.91 Å². The standard InChI is InChI=1S/C10H13N3O/c1-3-9(14)11-10-7-5-4-6-8(7)12-13(10)2/h3H,1,4-6H2,2H3,(H,11,14). The summed E-state index contributed by atoms with van der Waals surface area (Å²) in [6.07, 6.45) is 4.44. The van der Waals surface area contributed by atoms with Gasteiger partial charge >= 0.3 is 0 Å². The normalized spacial score (nSPS) is 13.8. The molecule has 0 radical (unpaired) electrons. The molecule has 14 heavy (non-hydrogen) atoms. The third-order valence-electron chi connectivity index (χ3n) is 2.50. The zero-order valence-electron chi connectivity index (χ0n) is 8.21. The number of amides is 1. The minimum atomic E-state index is -0.178. The van der Waals surface area contributed by atoms with Crippen molar-refractivity contribution in [3.63, 3.8) is 0 Å². The van der Waals surface area contributed by atoms with Crippen molar-refractivity contribution < 1.29 is 4.79 Å². The zero-order valence-corrected chi connectivity index (χ0v) is 8.21. The Kier molecular flexibility index (Phi) is 2.11. The average molecular weight is 191 g/mol. The number of rotatable bonds is 2. The van der Waals surface area contributed by atoms with Crippen LogP contribution in [0.15, 0.2) is 12.7 Å². The van der Waals surface area contributed by atoms with E-state index >= 15 is 0 Å². The fourth-order valence-electron chi connectivity index (χ4n) is 1.84. The van der Waals surface area contributed by atoms with Gasteiger partial charge in [0.15, 0.2) is 0 Å². The molecule has 0 atom stereocenters. The van der Waals surface area contributed by atoms with E-state index in [0.29, 0.717) is 0 Å². The van der Waals surface area contributed by atoms with Gasteiger partial charge in [-0.1, -0.05) is 6.58 Å². The van der Waals surface area contributed by atoms with E-state index in [4.69, 9.17) is 0 Å². The molecule has 1 N–H and O–H groups in total. The van der Waals surface area contributed by atoms with Gasteiger partial charge in [-0.25, -0.2) is 0 Å². The first kappa shape index (κ1) is 8.99. The summed E-state index contributed by atoms with van der Waals surface area (Å²) in [4.78, 5) is 11.2. The van der Waals surface area contributed by atoms with Crippen molar-refractivity contribution in [1.29, 1.82) is 0 Å². The third-order valence-corrected chi connectivity index (χ3v) is 2.50. The van der Waals surface area contributed by atoms with Crippen LogP contribution < -0.4 is 5.32 Å². The number of hydrogen-bond acceptors (Lipinski definition) is 2. The van der Waals surface area contributed by atoms with Crippen LogP contribution in [0.4, 0.5) is 5.82 Å². The molecular formula is C10H13N3O. The molecule has 0 bridgehead atoms. The van der Waals surface area contributed by atoms with Crippen LogP contribution in [0.2, 0.25) is 0 Å². The Bertz CT molecular complexity index is 392. The largest absolute Gasteiger partial charge is 0.307 e. The maximum Gasteiger partial charge on any atom is 0.248 e. The summed E-state index contributed by atoms with van der Waals surface area (Å²) >= 11 is 0. The van der Waals surface area contributed by atoms with E-state index in [1.165, 1.54) is 11.6 Å². The van der Waals surface area contributed by atoms with Crippen molar-refractivity contribution in [1.82, 2.24) is 9.78 Å². The number of aryl methyl sites for hydroxylation is 2. The lowest BCUT2D eigenvalue weighted by Crippen LogP contribution is -2.12. The fourth-order valence-corrected chi connectivity index (χ4v) is 1.84. The van der Waals surface area contributed by atoms with E-state index in [-0.39, 0.29) is 5.91 Å². The Morgan fingerprint density at radius 3 is 3.14 bits per heavy atom. The summed E-state index contributed by atoms with van der Waals surface area (Å²) in [6.45, 7) is 3.42. The maximum atomic E-state index is 11.2. The van der Waals surface area contributed by atoms with E-state index in [2.05, 4.69) is 17.0 Å². The SMILES string of the molecule is C=CC(=O)Nc1c2c(nn1C)CCC2. The van der Waals surface area contributed by atoms with Crippen LogP contribution in [0.5, 0.6) is 0 Å². The molecule has 1 aliphatic rings. The molecule has 74 valence electrons. The third kappa shape index (κ3) is 1.32. The minimum Gasteiger partial charge on any atom is -0.307 e. The molecule has 0 unspecified atom stereocenters. The van der Waals surface area contributed by atoms with Crippen molar-refractivity contribution in [2.75, 3.05) is 5.32 Å². The van der Waals surface area contributed by atoms with E-state index in [0.717, 1.165) is 30.8 Å². The molecule has 0 aliphatic heterocycles. The van der Waals surface area contributed by atoms with Crippen molar-refractivity contribution in [2.45, 2.75) is 19.3 Å². The number of carbonyl (C=O) groups is 1. The van der Waals surface area contributed by atoms with Crippen LogP contribution in [0.1, 0.15) is 17.7 Å². The van der Waals surface area contributed by atoms with Gasteiger partial charge in [-0.15, -0.1) is 0 Å². The predicted molar refractivity (Wildman–Crippen MR) is 54.1 cm³/mol. The average Bonchev–Trinajstić information content (AvgIpc) is 2.70. The second-order valence-electron chi connectivity index (χ2n) is 3.44. The maximum absolute atomic E-state index is 11.2. The molecule has 0 fully saturated rings. The van der Waals surface area contributed by atoms with Crippen LogP contribution in [-0.4, -0.2) is 15.7 Å². The van der Waals surface area contributed by atoms with Gasteiger partial charge in [-0.3, -0.25) is 9.48 Å². The highest BCUT2D eigenvalue weighted by Gasteiger charge is 2.21. The van der Waals surface area contributed by atoms with E-state index in [9.17, 15) is 4.79 Å². The van der Waals surface area contributed by atoms with Gasteiger partial charge in [0.25, 0.3) is 0 Å². The fraction of sp³-hybridized carbons (Fsp3) is 0.400. The van der Waals surface area contributed by atoms with Gasteiger partial charge in [-0.05, 0) is 25.3 Å². The van der Waals surface area contributed by atoms with Crippen LogP contribution >= 0.6 is 0 Å². The second kappa shape index (κ2) is 3.29. The van der Waals surface area contributed by atoms with Crippen LogP contribution in [0.25, 0.3) is 0 Å². The summed E-state index contributed by atoms with van der Waals surface area (Å²) in [5, 5.41) is 7.13. The van der Waals surface area contributed by atoms with Gasteiger partial charge < -0.3 is 5.32 Å². The second-order valence-corrected chi connectivity index (χ2v) is 3.44. The summed E-state index contributed by atoms with van der Waals surface area (Å²) in [5.41, 5.74) is 2.30. The molecule has 1 aliphatic carbocycles. The van der Waals surface area contributed by atoms with Crippen LogP contribution in [0, 0.1) is 0 Å². The summed E-state index contributed by atoms with van der Waals surface area (Å²) in [6, 6.07) is 0. The Balaban J connectivity index is 2.32. The van der Waals surface area contributed by atoms with Crippen LogP contribution in [0.3, 0.4) is 0 Å². The summed E-state index contributed by atoms with van der Waals surface area (Å²) in [7, 11) is 1.84. The van der Waals surface area contributed by atoms with Gasteiger partial charge in [0.1, 0.15) is 5.82 Å². The number of anilines is 1. The number of carbonyl (C=O) groups excluding carboxylic acids is 1. The molecule has 0 saturated carbocycles. The smallest absolute Gasteiger partial charge is 0.248 e. The van der Waals surface area contributed by atoms with Crippen molar-refractivity contribution in [3.05, 3.63) is 23.9 Å². The van der Waals surface area contributed by atoms with Crippen LogP contribution in [-0.2, 0) is 24.7 Å². The zero-order chi connectivity index (χ0) is 10.1. The van der Waals surface area contributed by atoms with E-state index in [1.807, 2.05) is 7.05 Å². The Morgan fingerprint density at radius 1 is 1.64 bits per heavy atom. The van der Waals surface area contributed by atoms with Gasteiger partial charge in [-0.2, -0.15) is 5.10 Å². The first-order valence-electron chi connectivity index (χ1n) is 4.70. The first-order valence-corrected chi connectivity index (χ1v) is 4.70. The molecule has 1 heterocycles. The quantitative estimate of drug-likeness (QED) is 0.710. The number of hydrogen-bond donors (Lipinski definition) is 1. The number of nitrogens with one attached hydrogen (secondary N) is 1. The first-order chi connectivity index (χ1) is 6.72. The number of aromatic nitrogens is 2. The van der Waals surface area contributed by atoms with Crippen molar-refractivity contribution in [2.24, 2.45) is 7.05 Å². The predicted octanol–water partition coefficient (Wildman–Crippen LogP) is 1.03. The molecule has 1 aromatic heterocycles. The molecule has 2 rings (SSSR count). The topological polar surface area (TPSA) is 46.9 Å².